The van der Waals surface area contributed by atoms with Gasteiger partial charge in [-0.2, -0.15) is 26.3 Å². The lowest BCUT2D eigenvalue weighted by molar-refractivity contribution is -0.193. The topological polar surface area (TPSA) is 131 Å². The second-order valence-corrected chi connectivity index (χ2v) is 9.22. The number of rotatable bonds is 2. The van der Waals surface area contributed by atoms with Gasteiger partial charge in [0.2, 0.25) is 5.91 Å². The van der Waals surface area contributed by atoms with Gasteiger partial charge >= 0.3 is 24.3 Å². The number of hydrogen-bond acceptors (Lipinski definition) is 6. The van der Waals surface area contributed by atoms with Crippen molar-refractivity contribution in [3.8, 4) is 0 Å². The molecule has 2 fully saturated rings. The van der Waals surface area contributed by atoms with Crippen LogP contribution >= 0.6 is 0 Å². The zero-order valence-corrected chi connectivity index (χ0v) is 21.7. The Labute approximate surface area is 229 Å². The molecule has 0 aliphatic carbocycles. The minimum absolute atomic E-state index is 0.0603. The Bertz CT molecular complexity index is 1220. The average molecular weight is 592 g/mol. The predicted octanol–water partition coefficient (Wildman–Crippen LogP) is 3.22. The van der Waals surface area contributed by atoms with Gasteiger partial charge in [0.15, 0.2) is 0 Å². The summed E-state index contributed by atoms with van der Waals surface area (Å²) in [5.74, 6) is -5.38. The zero-order chi connectivity index (χ0) is 31.2. The Morgan fingerprint density at radius 3 is 1.93 bits per heavy atom. The first kappa shape index (κ1) is 33.0. The van der Waals surface area contributed by atoms with Crippen molar-refractivity contribution in [3.63, 3.8) is 0 Å². The number of nitrogens with zero attached hydrogens (tertiary/aromatic N) is 4. The molecule has 10 nitrogen and oxygen atoms in total. The number of halogens is 6. The van der Waals surface area contributed by atoms with Gasteiger partial charge in [-0.15, -0.1) is 0 Å². The number of aryl methyl sites for hydroxylation is 1. The molecule has 2 amide bonds. The van der Waals surface area contributed by atoms with Crippen LogP contribution in [0.15, 0.2) is 48.8 Å². The molecular weight excluding hydrogens is 566 g/mol. The Morgan fingerprint density at radius 2 is 1.46 bits per heavy atom. The highest BCUT2D eigenvalue weighted by atomic mass is 19.4. The summed E-state index contributed by atoms with van der Waals surface area (Å²) in [5.41, 5.74) is 2.46. The molecule has 2 N–H and O–H groups in total. The van der Waals surface area contributed by atoms with E-state index in [0.29, 0.717) is 26.2 Å². The molecule has 41 heavy (non-hydrogen) atoms. The molecule has 2 aliphatic rings. The summed E-state index contributed by atoms with van der Waals surface area (Å²) in [4.78, 5) is 53.3. The van der Waals surface area contributed by atoms with Crippen LogP contribution in [0.3, 0.4) is 0 Å². The minimum atomic E-state index is -5.08. The average Bonchev–Trinajstić information content (AvgIpc) is 3.32. The highest BCUT2D eigenvalue weighted by Gasteiger charge is 2.48. The first-order valence-corrected chi connectivity index (χ1v) is 11.8. The Balaban J connectivity index is 0.000000349. The number of pyridine rings is 1. The summed E-state index contributed by atoms with van der Waals surface area (Å²) in [6.07, 6.45) is -5.89. The number of aromatic nitrogens is 1. The summed E-state index contributed by atoms with van der Waals surface area (Å²) in [5, 5.41) is 14.2. The van der Waals surface area contributed by atoms with Gasteiger partial charge in [-0.25, -0.2) is 9.59 Å². The lowest BCUT2D eigenvalue weighted by Gasteiger charge is -2.46. The summed E-state index contributed by atoms with van der Waals surface area (Å²) in [7, 11) is 1.98. The fourth-order valence-corrected chi connectivity index (χ4v) is 4.06. The predicted molar refractivity (Wildman–Crippen MR) is 131 cm³/mol. The molecule has 1 aromatic heterocycles. The number of carbonyl (C=O) groups is 4. The summed E-state index contributed by atoms with van der Waals surface area (Å²) in [6, 6.07) is 11.5. The molecular formula is C25H26F6N4O6. The summed E-state index contributed by atoms with van der Waals surface area (Å²) < 4.78 is 63.5. The maximum absolute atomic E-state index is 12.9. The van der Waals surface area contributed by atoms with Crippen molar-refractivity contribution in [2.45, 2.75) is 31.2 Å². The molecule has 1 atom stereocenters. The number of alkyl halides is 6. The molecule has 224 valence electrons. The second kappa shape index (κ2) is 13.0. The van der Waals surface area contributed by atoms with E-state index in [-0.39, 0.29) is 17.4 Å². The van der Waals surface area contributed by atoms with Gasteiger partial charge < -0.3 is 20.0 Å². The molecule has 0 saturated carbocycles. The van der Waals surface area contributed by atoms with E-state index in [1.807, 2.05) is 60.2 Å². The number of likely N-dealkylation sites (tertiary alicyclic amines) is 1. The smallest absolute Gasteiger partial charge is 0.475 e. The van der Waals surface area contributed by atoms with Crippen molar-refractivity contribution in [2.75, 3.05) is 38.1 Å². The molecule has 1 spiro atoms. The van der Waals surface area contributed by atoms with Crippen molar-refractivity contribution in [1.82, 2.24) is 14.8 Å². The highest BCUT2D eigenvalue weighted by Crippen LogP contribution is 2.33. The lowest BCUT2D eigenvalue weighted by Crippen LogP contribution is -2.64. The van der Waals surface area contributed by atoms with E-state index in [4.69, 9.17) is 19.8 Å². The highest BCUT2D eigenvalue weighted by molar-refractivity contribution is 5.96. The van der Waals surface area contributed by atoms with Gasteiger partial charge in [-0.05, 0) is 44.7 Å². The van der Waals surface area contributed by atoms with Gasteiger partial charge in [-0.1, -0.05) is 17.7 Å². The number of hydrogen-bond donors (Lipinski definition) is 2. The standard InChI is InChI=1S/C21H24N4O2.2C2HF3O2/c1-16-5-7-17(8-6-16)20(27)24-11-9-21(14-24)15-25(19(26)13-23(21)2)18-4-3-10-22-12-18;2*3-2(4,5)1(6)7/h3-8,10,12H,9,11,13-15H2,1-2H3;2*(H,6,7). The number of piperazine rings is 1. The van der Waals surface area contributed by atoms with E-state index in [9.17, 15) is 35.9 Å². The number of carbonyl (C=O) groups excluding carboxylic acids is 2. The normalized spacial score (nSPS) is 19.2. The fraction of sp³-hybridized carbons (Fsp3) is 0.400. The van der Waals surface area contributed by atoms with Gasteiger partial charge in [0.05, 0.1) is 24.0 Å². The third kappa shape index (κ3) is 8.89. The first-order valence-electron chi connectivity index (χ1n) is 11.8. The van der Waals surface area contributed by atoms with Crippen molar-refractivity contribution >= 4 is 29.4 Å². The summed E-state index contributed by atoms with van der Waals surface area (Å²) in [6.45, 7) is 4.26. The molecule has 2 aliphatic heterocycles. The van der Waals surface area contributed by atoms with E-state index in [2.05, 4.69) is 9.88 Å². The number of carboxylic acids is 2. The van der Waals surface area contributed by atoms with Gasteiger partial charge in [0.25, 0.3) is 5.91 Å². The largest absolute Gasteiger partial charge is 0.490 e. The number of likely N-dealkylation sites (N-methyl/N-ethyl adjacent to an activating group) is 1. The molecule has 1 unspecified atom stereocenters. The third-order valence-corrected chi connectivity index (χ3v) is 6.30. The second-order valence-electron chi connectivity index (χ2n) is 9.22. The van der Waals surface area contributed by atoms with Crippen molar-refractivity contribution < 1.29 is 55.7 Å². The van der Waals surface area contributed by atoms with Crippen LogP contribution in [0.4, 0.5) is 32.0 Å². The molecule has 0 radical (unpaired) electrons. The quantitative estimate of drug-likeness (QED) is 0.509. The van der Waals surface area contributed by atoms with E-state index in [1.54, 1.807) is 12.4 Å². The van der Waals surface area contributed by atoms with Crippen LogP contribution in [0.25, 0.3) is 0 Å². The van der Waals surface area contributed by atoms with Crippen LogP contribution in [0.5, 0.6) is 0 Å². The summed E-state index contributed by atoms with van der Waals surface area (Å²) >= 11 is 0. The van der Waals surface area contributed by atoms with Gasteiger partial charge in [0, 0.05) is 31.4 Å². The van der Waals surface area contributed by atoms with E-state index >= 15 is 0 Å². The zero-order valence-electron chi connectivity index (χ0n) is 21.7. The SMILES string of the molecule is Cc1ccc(C(=O)N2CCC3(C2)CN(c2cccnc2)C(=O)CN3C)cc1.O=C(O)C(F)(F)F.O=C(O)C(F)(F)F. The van der Waals surface area contributed by atoms with E-state index < -0.39 is 24.3 Å². The number of amides is 2. The number of aliphatic carboxylic acids is 2. The van der Waals surface area contributed by atoms with Crippen molar-refractivity contribution in [3.05, 3.63) is 59.9 Å². The Morgan fingerprint density at radius 1 is 0.927 bits per heavy atom. The Kier molecular flexibility index (Phi) is 10.4. The number of anilines is 1. The Hall–Kier alpha value is -4.21. The molecule has 2 saturated heterocycles. The fourth-order valence-electron chi connectivity index (χ4n) is 4.06. The van der Waals surface area contributed by atoms with Crippen LogP contribution in [0, 0.1) is 6.92 Å². The maximum Gasteiger partial charge on any atom is 0.490 e. The van der Waals surface area contributed by atoms with Gasteiger partial charge in [0.1, 0.15) is 0 Å². The first-order chi connectivity index (χ1) is 18.9. The lowest BCUT2D eigenvalue weighted by atomic mass is 9.92. The molecule has 1 aromatic carbocycles. The van der Waals surface area contributed by atoms with Crippen LogP contribution < -0.4 is 4.90 Å². The van der Waals surface area contributed by atoms with E-state index in [0.717, 1.165) is 23.2 Å². The third-order valence-electron chi connectivity index (χ3n) is 6.30. The van der Waals surface area contributed by atoms with Crippen LogP contribution in [-0.4, -0.2) is 99.9 Å². The molecule has 16 heteroatoms. The van der Waals surface area contributed by atoms with Gasteiger partial charge in [-0.3, -0.25) is 19.5 Å². The van der Waals surface area contributed by atoms with E-state index in [1.165, 1.54) is 0 Å². The maximum atomic E-state index is 12.9. The molecule has 4 rings (SSSR count). The monoisotopic (exact) mass is 592 g/mol. The number of benzene rings is 1. The van der Waals surface area contributed by atoms with Crippen LogP contribution in [-0.2, 0) is 14.4 Å². The van der Waals surface area contributed by atoms with Crippen molar-refractivity contribution in [1.29, 1.82) is 0 Å². The number of carboxylic acid groups (broad SMARTS) is 2. The van der Waals surface area contributed by atoms with Crippen LogP contribution in [0.2, 0.25) is 0 Å². The molecule has 2 aromatic rings. The van der Waals surface area contributed by atoms with Crippen molar-refractivity contribution in [2.24, 2.45) is 0 Å². The molecule has 3 heterocycles. The molecule has 0 bridgehead atoms. The minimum Gasteiger partial charge on any atom is -0.475 e. The van der Waals surface area contributed by atoms with Crippen LogP contribution in [0.1, 0.15) is 22.3 Å².